The summed E-state index contributed by atoms with van der Waals surface area (Å²) in [5.41, 5.74) is 3.73. The monoisotopic (exact) mass is 583 g/mol. The SMILES string of the molecule is Cc1cccc(CN(C(=O)CN(c2ccc(Cl)cc2C)S(C)(=O)=O)C(Cc2ccccc2)C(=O)NCC(C)C)c1. The Balaban J connectivity index is 2.07. The molecule has 1 N–H and O–H groups in total. The summed E-state index contributed by atoms with van der Waals surface area (Å²) < 4.78 is 27.0. The van der Waals surface area contributed by atoms with Crippen LogP contribution in [0.5, 0.6) is 0 Å². The Morgan fingerprint density at radius 2 is 1.60 bits per heavy atom. The number of carbonyl (C=O) groups is 2. The van der Waals surface area contributed by atoms with E-state index in [0.717, 1.165) is 27.3 Å². The van der Waals surface area contributed by atoms with Crippen molar-refractivity contribution < 1.29 is 18.0 Å². The lowest BCUT2D eigenvalue weighted by molar-refractivity contribution is -0.140. The van der Waals surface area contributed by atoms with Crippen molar-refractivity contribution in [2.45, 2.75) is 46.7 Å². The number of carbonyl (C=O) groups excluding carboxylic acids is 2. The number of amides is 2. The van der Waals surface area contributed by atoms with Crippen LogP contribution in [0.3, 0.4) is 0 Å². The van der Waals surface area contributed by atoms with E-state index in [2.05, 4.69) is 5.32 Å². The van der Waals surface area contributed by atoms with Crippen molar-refractivity contribution in [3.05, 3.63) is 100 Å². The van der Waals surface area contributed by atoms with Crippen LogP contribution in [0.4, 0.5) is 5.69 Å². The van der Waals surface area contributed by atoms with Crippen molar-refractivity contribution in [1.29, 1.82) is 0 Å². The van der Waals surface area contributed by atoms with E-state index in [1.54, 1.807) is 25.1 Å². The third-order valence-corrected chi connectivity index (χ3v) is 7.86. The fourth-order valence-electron chi connectivity index (χ4n) is 4.48. The molecule has 0 heterocycles. The van der Waals surface area contributed by atoms with E-state index in [1.807, 2.05) is 75.4 Å². The highest BCUT2D eigenvalue weighted by Gasteiger charge is 2.33. The van der Waals surface area contributed by atoms with Gasteiger partial charge >= 0.3 is 0 Å². The molecule has 0 fully saturated rings. The molecule has 0 aliphatic heterocycles. The first-order chi connectivity index (χ1) is 18.8. The first-order valence-electron chi connectivity index (χ1n) is 13.3. The maximum absolute atomic E-state index is 14.1. The van der Waals surface area contributed by atoms with Gasteiger partial charge in [-0.25, -0.2) is 8.42 Å². The molecule has 7 nitrogen and oxygen atoms in total. The average molecular weight is 584 g/mol. The van der Waals surface area contributed by atoms with Crippen LogP contribution in [0.1, 0.15) is 36.1 Å². The van der Waals surface area contributed by atoms with Crippen LogP contribution in [0.2, 0.25) is 5.02 Å². The number of aryl methyl sites for hydroxylation is 2. The lowest BCUT2D eigenvalue weighted by Gasteiger charge is -2.34. The Morgan fingerprint density at radius 3 is 2.20 bits per heavy atom. The molecule has 1 atom stereocenters. The number of rotatable bonds is 12. The Kier molecular flexibility index (Phi) is 10.8. The summed E-state index contributed by atoms with van der Waals surface area (Å²) in [5.74, 6) is -0.551. The van der Waals surface area contributed by atoms with Crippen molar-refractivity contribution in [2.75, 3.05) is 23.7 Å². The van der Waals surface area contributed by atoms with Gasteiger partial charge in [0, 0.05) is 24.5 Å². The fraction of sp³-hybridized carbons (Fsp3) is 0.355. The molecule has 3 aromatic carbocycles. The zero-order valence-electron chi connectivity index (χ0n) is 23.7. The minimum absolute atomic E-state index is 0.143. The first-order valence-corrected chi connectivity index (χ1v) is 15.5. The molecule has 3 rings (SSSR count). The van der Waals surface area contributed by atoms with Crippen molar-refractivity contribution in [2.24, 2.45) is 5.92 Å². The van der Waals surface area contributed by atoms with Crippen LogP contribution in [0.25, 0.3) is 0 Å². The standard InChI is InChI=1S/C31H38ClN3O4S/c1-22(2)19-33-31(37)29(18-25-11-7-6-8-12-25)34(20-26-13-9-10-23(3)16-26)30(36)21-35(40(5,38)39)28-15-14-27(32)17-24(28)4/h6-17,22,29H,18-21H2,1-5H3,(H,33,37). The van der Waals surface area contributed by atoms with E-state index >= 15 is 0 Å². The lowest BCUT2D eigenvalue weighted by atomic mass is 10.0. The maximum atomic E-state index is 14.1. The maximum Gasteiger partial charge on any atom is 0.244 e. The van der Waals surface area contributed by atoms with Crippen LogP contribution < -0.4 is 9.62 Å². The molecular formula is C31H38ClN3O4S. The molecule has 0 bridgehead atoms. The van der Waals surface area contributed by atoms with Gasteiger partial charge in [0.25, 0.3) is 0 Å². The molecule has 0 saturated carbocycles. The molecule has 0 aromatic heterocycles. The van der Waals surface area contributed by atoms with Gasteiger partial charge in [0.05, 0.1) is 11.9 Å². The normalized spacial score (nSPS) is 12.2. The molecule has 0 aliphatic carbocycles. The summed E-state index contributed by atoms with van der Waals surface area (Å²) in [6.45, 7) is 7.84. The van der Waals surface area contributed by atoms with E-state index < -0.39 is 28.5 Å². The predicted molar refractivity (Wildman–Crippen MR) is 162 cm³/mol. The summed E-state index contributed by atoms with van der Waals surface area (Å²) in [6, 6.07) is 21.2. The van der Waals surface area contributed by atoms with Crippen molar-refractivity contribution in [3.8, 4) is 0 Å². The van der Waals surface area contributed by atoms with E-state index in [9.17, 15) is 18.0 Å². The number of nitrogens with one attached hydrogen (secondary N) is 1. The van der Waals surface area contributed by atoms with Crippen LogP contribution in [-0.2, 0) is 32.6 Å². The molecule has 0 spiro atoms. The molecule has 2 amide bonds. The van der Waals surface area contributed by atoms with Gasteiger partial charge in [-0.2, -0.15) is 0 Å². The number of hydrogen-bond acceptors (Lipinski definition) is 4. The van der Waals surface area contributed by atoms with Gasteiger partial charge < -0.3 is 10.2 Å². The number of hydrogen-bond donors (Lipinski definition) is 1. The zero-order valence-corrected chi connectivity index (χ0v) is 25.3. The van der Waals surface area contributed by atoms with E-state index in [-0.39, 0.29) is 24.8 Å². The fourth-order valence-corrected chi connectivity index (χ4v) is 5.61. The molecule has 1 unspecified atom stereocenters. The average Bonchev–Trinajstić information content (AvgIpc) is 2.88. The van der Waals surface area contributed by atoms with E-state index in [0.29, 0.717) is 22.8 Å². The lowest BCUT2D eigenvalue weighted by Crippen LogP contribution is -2.53. The van der Waals surface area contributed by atoms with Gasteiger partial charge in [-0.1, -0.05) is 85.6 Å². The smallest absolute Gasteiger partial charge is 0.244 e. The number of halogens is 1. The molecule has 40 heavy (non-hydrogen) atoms. The van der Waals surface area contributed by atoms with Crippen LogP contribution in [0, 0.1) is 19.8 Å². The van der Waals surface area contributed by atoms with Gasteiger partial charge in [0.1, 0.15) is 12.6 Å². The summed E-state index contributed by atoms with van der Waals surface area (Å²) in [4.78, 5) is 29.3. The van der Waals surface area contributed by atoms with Gasteiger partial charge in [0.15, 0.2) is 0 Å². The van der Waals surface area contributed by atoms with Crippen molar-refractivity contribution >= 4 is 39.1 Å². The highest BCUT2D eigenvalue weighted by atomic mass is 35.5. The van der Waals surface area contributed by atoms with Gasteiger partial charge in [-0.3, -0.25) is 13.9 Å². The van der Waals surface area contributed by atoms with Crippen LogP contribution in [0.15, 0.2) is 72.8 Å². The molecule has 0 radical (unpaired) electrons. The minimum Gasteiger partial charge on any atom is -0.354 e. The topological polar surface area (TPSA) is 86.8 Å². The largest absolute Gasteiger partial charge is 0.354 e. The second-order valence-corrected chi connectivity index (χ2v) is 12.9. The predicted octanol–water partition coefficient (Wildman–Crippen LogP) is 5.14. The third-order valence-electron chi connectivity index (χ3n) is 6.50. The Hall–Kier alpha value is -3.36. The Labute approximate surface area is 243 Å². The van der Waals surface area contributed by atoms with Gasteiger partial charge in [-0.15, -0.1) is 0 Å². The quantitative estimate of drug-likeness (QED) is 0.320. The summed E-state index contributed by atoms with van der Waals surface area (Å²) >= 11 is 6.11. The number of nitrogens with zero attached hydrogens (tertiary/aromatic N) is 2. The number of anilines is 1. The Bertz CT molecular complexity index is 1430. The summed E-state index contributed by atoms with van der Waals surface area (Å²) in [7, 11) is -3.85. The van der Waals surface area contributed by atoms with Crippen LogP contribution in [-0.4, -0.2) is 50.5 Å². The molecule has 3 aromatic rings. The summed E-state index contributed by atoms with van der Waals surface area (Å²) in [5, 5.41) is 3.45. The second-order valence-electron chi connectivity index (χ2n) is 10.6. The zero-order chi connectivity index (χ0) is 29.4. The van der Waals surface area contributed by atoms with Crippen LogP contribution >= 0.6 is 11.6 Å². The van der Waals surface area contributed by atoms with Gasteiger partial charge in [-0.05, 0) is 54.7 Å². The van der Waals surface area contributed by atoms with E-state index in [4.69, 9.17) is 11.6 Å². The van der Waals surface area contributed by atoms with Gasteiger partial charge in [0.2, 0.25) is 21.8 Å². The number of sulfonamides is 1. The third kappa shape index (κ3) is 8.83. The Morgan fingerprint density at radius 1 is 0.925 bits per heavy atom. The second kappa shape index (κ2) is 13.8. The number of benzene rings is 3. The highest BCUT2D eigenvalue weighted by Crippen LogP contribution is 2.26. The molecule has 214 valence electrons. The van der Waals surface area contributed by atoms with Crippen molar-refractivity contribution in [1.82, 2.24) is 10.2 Å². The molecular weight excluding hydrogens is 546 g/mol. The van der Waals surface area contributed by atoms with E-state index in [1.165, 1.54) is 4.90 Å². The minimum atomic E-state index is -3.85. The molecule has 0 aliphatic rings. The molecule has 9 heteroatoms. The molecule has 0 saturated heterocycles. The summed E-state index contributed by atoms with van der Waals surface area (Å²) in [6.07, 6.45) is 1.34. The highest BCUT2D eigenvalue weighted by molar-refractivity contribution is 7.92. The first kappa shape index (κ1) is 31.2. The van der Waals surface area contributed by atoms with Crippen molar-refractivity contribution in [3.63, 3.8) is 0 Å².